The third kappa shape index (κ3) is 5.95. The van der Waals surface area contributed by atoms with Gasteiger partial charge in [-0.05, 0) is 18.6 Å². The van der Waals surface area contributed by atoms with Crippen LogP contribution in [0.3, 0.4) is 0 Å². The topological polar surface area (TPSA) is 155 Å². The Hall–Kier alpha value is -4.10. The molecule has 0 aliphatic rings. The SMILES string of the molecule is N#Cc1cnc(Nc2cc(NCCC(N)C(=O)Nc3ccccc3)ncn2)cn1. The van der Waals surface area contributed by atoms with Crippen LogP contribution in [0.15, 0.2) is 55.1 Å². The molecule has 0 saturated carbocycles. The van der Waals surface area contributed by atoms with Crippen LogP contribution in [0.5, 0.6) is 0 Å². The molecule has 3 aromatic rings. The number of hydrogen-bond donors (Lipinski definition) is 4. The zero-order chi connectivity index (χ0) is 20.5. The first-order valence-electron chi connectivity index (χ1n) is 8.80. The fourth-order valence-corrected chi connectivity index (χ4v) is 2.35. The molecule has 5 N–H and O–H groups in total. The highest BCUT2D eigenvalue weighted by Gasteiger charge is 2.13. The van der Waals surface area contributed by atoms with Gasteiger partial charge in [0, 0.05) is 18.3 Å². The third-order valence-electron chi connectivity index (χ3n) is 3.83. The molecule has 0 spiro atoms. The highest BCUT2D eigenvalue weighted by atomic mass is 16.2. The van der Waals surface area contributed by atoms with Crippen molar-refractivity contribution in [3.05, 3.63) is 60.8 Å². The van der Waals surface area contributed by atoms with Crippen molar-refractivity contribution < 1.29 is 4.79 Å². The number of para-hydroxylation sites is 1. The summed E-state index contributed by atoms with van der Waals surface area (Å²) in [4.78, 5) is 28.4. The third-order valence-corrected chi connectivity index (χ3v) is 3.83. The monoisotopic (exact) mass is 389 g/mol. The first-order chi connectivity index (χ1) is 14.1. The Morgan fingerprint density at radius 3 is 2.59 bits per heavy atom. The lowest BCUT2D eigenvalue weighted by Gasteiger charge is -2.13. The van der Waals surface area contributed by atoms with E-state index in [0.29, 0.717) is 36.1 Å². The number of carbonyl (C=O) groups is 1. The molecular weight excluding hydrogens is 370 g/mol. The van der Waals surface area contributed by atoms with Crippen molar-refractivity contribution in [1.29, 1.82) is 5.26 Å². The lowest BCUT2D eigenvalue weighted by Crippen LogP contribution is -2.37. The number of rotatable bonds is 8. The smallest absolute Gasteiger partial charge is 0.241 e. The molecule has 0 aliphatic heterocycles. The average molecular weight is 389 g/mol. The van der Waals surface area contributed by atoms with Gasteiger partial charge in [0.25, 0.3) is 0 Å². The zero-order valence-corrected chi connectivity index (χ0v) is 15.4. The summed E-state index contributed by atoms with van der Waals surface area (Å²) in [5.41, 5.74) is 6.89. The molecule has 0 aliphatic carbocycles. The van der Waals surface area contributed by atoms with Gasteiger partial charge in [-0.1, -0.05) is 18.2 Å². The van der Waals surface area contributed by atoms with E-state index in [1.54, 1.807) is 18.2 Å². The number of anilines is 4. The molecule has 29 heavy (non-hydrogen) atoms. The van der Waals surface area contributed by atoms with E-state index < -0.39 is 6.04 Å². The van der Waals surface area contributed by atoms with E-state index in [-0.39, 0.29) is 11.6 Å². The van der Waals surface area contributed by atoms with Crippen molar-refractivity contribution in [2.24, 2.45) is 5.73 Å². The van der Waals surface area contributed by atoms with Gasteiger partial charge in [0.1, 0.15) is 29.9 Å². The van der Waals surface area contributed by atoms with E-state index in [1.165, 1.54) is 18.7 Å². The van der Waals surface area contributed by atoms with Crippen LogP contribution in [-0.4, -0.2) is 38.4 Å². The highest BCUT2D eigenvalue weighted by molar-refractivity contribution is 5.94. The summed E-state index contributed by atoms with van der Waals surface area (Å²) in [6.45, 7) is 0.455. The molecule has 0 bridgehead atoms. The minimum atomic E-state index is -0.656. The van der Waals surface area contributed by atoms with E-state index in [2.05, 4.69) is 35.9 Å². The van der Waals surface area contributed by atoms with Crippen LogP contribution in [0.2, 0.25) is 0 Å². The Morgan fingerprint density at radius 1 is 1.07 bits per heavy atom. The molecule has 0 fully saturated rings. The Morgan fingerprint density at radius 2 is 1.86 bits per heavy atom. The second-order valence-electron chi connectivity index (χ2n) is 5.99. The second kappa shape index (κ2) is 9.72. The van der Waals surface area contributed by atoms with Gasteiger partial charge in [0.15, 0.2) is 5.69 Å². The molecule has 1 atom stereocenters. The molecule has 0 saturated heterocycles. The maximum absolute atomic E-state index is 12.1. The Kier molecular flexibility index (Phi) is 6.59. The van der Waals surface area contributed by atoms with E-state index in [4.69, 9.17) is 11.0 Å². The molecule has 1 aromatic carbocycles. The highest BCUT2D eigenvalue weighted by Crippen LogP contribution is 2.14. The van der Waals surface area contributed by atoms with Crippen LogP contribution in [0.4, 0.5) is 23.1 Å². The normalized spacial score (nSPS) is 11.2. The van der Waals surface area contributed by atoms with Gasteiger partial charge in [0.05, 0.1) is 18.4 Å². The number of amides is 1. The number of benzene rings is 1. The van der Waals surface area contributed by atoms with Gasteiger partial charge in [-0.3, -0.25) is 4.79 Å². The van der Waals surface area contributed by atoms with E-state index >= 15 is 0 Å². The Balaban J connectivity index is 1.48. The molecule has 10 nitrogen and oxygen atoms in total. The Labute approximate surface area is 167 Å². The largest absolute Gasteiger partial charge is 0.370 e. The summed E-state index contributed by atoms with van der Waals surface area (Å²) in [5, 5.41) is 17.6. The predicted molar refractivity (Wildman–Crippen MR) is 108 cm³/mol. The molecule has 2 aromatic heterocycles. The fourth-order valence-electron chi connectivity index (χ4n) is 2.35. The minimum absolute atomic E-state index is 0.230. The number of nitrogens with two attached hydrogens (primary N) is 1. The number of nitrogens with zero attached hydrogens (tertiary/aromatic N) is 5. The summed E-state index contributed by atoms with van der Waals surface area (Å²) in [6, 6.07) is 12.1. The summed E-state index contributed by atoms with van der Waals surface area (Å²) < 4.78 is 0. The zero-order valence-electron chi connectivity index (χ0n) is 15.4. The molecule has 3 rings (SSSR count). The van der Waals surface area contributed by atoms with Gasteiger partial charge in [0.2, 0.25) is 5.91 Å². The molecule has 146 valence electrons. The van der Waals surface area contributed by atoms with Crippen LogP contribution < -0.4 is 21.7 Å². The lowest BCUT2D eigenvalue weighted by molar-refractivity contribution is -0.117. The number of nitriles is 1. The predicted octanol–water partition coefficient (Wildman–Crippen LogP) is 1.65. The number of hydrogen-bond acceptors (Lipinski definition) is 9. The van der Waals surface area contributed by atoms with Crippen molar-refractivity contribution in [2.45, 2.75) is 12.5 Å². The molecule has 1 amide bonds. The van der Waals surface area contributed by atoms with Gasteiger partial charge >= 0.3 is 0 Å². The van der Waals surface area contributed by atoms with Crippen LogP contribution in [0.25, 0.3) is 0 Å². The number of nitrogens with one attached hydrogen (secondary N) is 3. The molecular formula is C19H19N9O. The van der Waals surface area contributed by atoms with Crippen molar-refractivity contribution in [2.75, 3.05) is 22.5 Å². The molecule has 0 radical (unpaired) electrons. The van der Waals surface area contributed by atoms with E-state index in [9.17, 15) is 4.79 Å². The lowest BCUT2D eigenvalue weighted by atomic mass is 10.2. The van der Waals surface area contributed by atoms with Crippen LogP contribution in [-0.2, 0) is 4.79 Å². The molecule has 2 heterocycles. The number of carbonyl (C=O) groups excluding carboxylic acids is 1. The summed E-state index contributed by atoms with van der Waals surface area (Å²) in [6.07, 6.45) is 4.62. The fraction of sp³-hybridized carbons (Fsp3) is 0.158. The number of aromatic nitrogens is 4. The Bertz CT molecular complexity index is 987. The van der Waals surface area contributed by atoms with E-state index in [1.807, 2.05) is 24.3 Å². The van der Waals surface area contributed by atoms with Crippen LogP contribution in [0.1, 0.15) is 12.1 Å². The first-order valence-corrected chi connectivity index (χ1v) is 8.80. The van der Waals surface area contributed by atoms with Crippen molar-refractivity contribution in [3.8, 4) is 6.07 Å². The second-order valence-corrected chi connectivity index (χ2v) is 5.99. The quantitative estimate of drug-likeness (QED) is 0.450. The summed E-state index contributed by atoms with van der Waals surface area (Å²) in [5.74, 6) is 1.28. The maximum Gasteiger partial charge on any atom is 0.241 e. The summed E-state index contributed by atoms with van der Waals surface area (Å²) in [7, 11) is 0. The van der Waals surface area contributed by atoms with Gasteiger partial charge in [-0.15, -0.1) is 0 Å². The average Bonchev–Trinajstić information content (AvgIpc) is 2.75. The first kappa shape index (κ1) is 19.7. The van der Waals surface area contributed by atoms with Crippen molar-refractivity contribution in [3.63, 3.8) is 0 Å². The standard InChI is InChI=1S/C19H19N9O/c20-9-14-10-24-18(11-23-14)28-17-8-16(25-12-26-17)22-7-6-15(21)19(29)27-13-4-2-1-3-5-13/h1-5,8,10-12,15H,6-7,21H2,(H,27,29)(H2,22,24,25,26,28). The molecule has 1 unspecified atom stereocenters. The van der Waals surface area contributed by atoms with E-state index in [0.717, 1.165) is 0 Å². The summed E-state index contributed by atoms with van der Waals surface area (Å²) >= 11 is 0. The minimum Gasteiger partial charge on any atom is -0.370 e. The van der Waals surface area contributed by atoms with Crippen molar-refractivity contribution in [1.82, 2.24) is 19.9 Å². The van der Waals surface area contributed by atoms with Crippen LogP contribution in [0, 0.1) is 11.3 Å². The maximum atomic E-state index is 12.1. The van der Waals surface area contributed by atoms with Gasteiger partial charge < -0.3 is 21.7 Å². The van der Waals surface area contributed by atoms with Gasteiger partial charge in [-0.2, -0.15) is 5.26 Å². The van der Waals surface area contributed by atoms with Crippen LogP contribution >= 0.6 is 0 Å². The molecule has 10 heteroatoms. The van der Waals surface area contributed by atoms with Gasteiger partial charge in [-0.25, -0.2) is 19.9 Å². The van der Waals surface area contributed by atoms with Crippen molar-refractivity contribution >= 4 is 29.0 Å².